The monoisotopic (exact) mass is 417 g/mol. The summed E-state index contributed by atoms with van der Waals surface area (Å²) >= 11 is 13.5. The van der Waals surface area contributed by atoms with Gasteiger partial charge in [0.1, 0.15) is 23.2 Å². The summed E-state index contributed by atoms with van der Waals surface area (Å²) in [6.07, 6.45) is 3.59. The molecular weight excluding hydrogens is 405 g/mol. The summed E-state index contributed by atoms with van der Waals surface area (Å²) in [5.74, 6) is 0.589. The lowest BCUT2D eigenvalue weighted by Gasteiger charge is -2.03. The number of nitrogens with zero attached hydrogens (tertiary/aromatic N) is 2. The lowest BCUT2D eigenvalue weighted by atomic mass is 10.1. The average molecular weight is 418 g/mol. The highest BCUT2D eigenvalue weighted by Gasteiger charge is 2.14. The maximum Gasteiger partial charge on any atom is 0.268 e. The van der Waals surface area contributed by atoms with Crippen LogP contribution in [0.5, 0.6) is 0 Å². The molecule has 27 heavy (non-hydrogen) atoms. The number of hydrogen-bond acceptors (Lipinski definition) is 5. The zero-order valence-corrected chi connectivity index (χ0v) is 16.5. The van der Waals surface area contributed by atoms with Crippen LogP contribution in [0.2, 0.25) is 10.0 Å². The molecule has 2 heterocycles. The molecule has 0 saturated carbocycles. The molecule has 3 rings (SSSR count). The van der Waals surface area contributed by atoms with Crippen LogP contribution < -0.4 is 5.32 Å². The maximum atomic E-state index is 12.3. The molecule has 0 aliphatic heterocycles. The van der Waals surface area contributed by atoms with E-state index in [4.69, 9.17) is 27.6 Å². The van der Waals surface area contributed by atoms with Crippen LogP contribution in [0.15, 0.2) is 46.5 Å². The van der Waals surface area contributed by atoms with Crippen molar-refractivity contribution in [1.29, 1.82) is 5.26 Å². The topological polar surface area (TPSA) is 78.9 Å². The Morgan fingerprint density at radius 1 is 1.37 bits per heavy atom. The molecule has 2 aromatic heterocycles. The van der Waals surface area contributed by atoms with Crippen LogP contribution >= 0.6 is 34.5 Å². The molecule has 0 spiro atoms. The molecule has 0 atom stereocenters. The van der Waals surface area contributed by atoms with Crippen LogP contribution in [0, 0.1) is 18.3 Å². The van der Waals surface area contributed by atoms with Crippen molar-refractivity contribution in [2.75, 3.05) is 5.32 Å². The Bertz CT molecular complexity index is 1060. The van der Waals surface area contributed by atoms with E-state index in [1.165, 1.54) is 17.4 Å². The predicted octanol–water partition coefficient (Wildman–Crippen LogP) is 5.49. The van der Waals surface area contributed by atoms with E-state index in [0.29, 0.717) is 33.1 Å². The van der Waals surface area contributed by atoms with Gasteiger partial charge in [-0.2, -0.15) is 5.26 Å². The van der Waals surface area contributed by atoms with E-state index < -0.39 is 5.91 Å². The van der Waals surface area contributed by atoms with Crippen LogP contribution in [0.4, 0.5) is 5.13 Å². The van der Waals surface area contributed by atoms with Gasteiger partial charge in [0.15, 0.2) is 5.13 Å². The zero-order chi connectivity index (χ0) is 19.4. The average Bonchev–Trinajstić information content (AvgIpc) is 3.25. The van der Waals surface area contributed by atoms with Gasteiger partial charge in [-0.25, -0.2) is 4.98 Å². The fourth-order valence-electron chi connectivity index (χ4n) is 2.31. The molecule has 0 unspecified atom stereocenters. The van der Waals surface area contributed by atoms with Crippen molar-refractivity contribution < 1.29 is 9.21 Å². The summed E-state index contributed by atoms with van der Waals surface area (Å²) < 4.78 is 5.36. The molecule has 0 aliphatic rings. The Morgan fingerprint density at radius 2 is 2.19 bits per heavy atom. The zero-order valence-electron chi connectivity index (χ0n) is 14.1. The fourth-order valence-corrected chi connectivity index (χ4v) is 3.52. The first-order chi connectivity index (χ1) is 13.0. The van der Waals surface area contributed by atoms with Gasteiger partial charge in [-0.05, 0) is 30.7 Å². The number of aryl methyl sites for hydroxylation is 1. The standard InChI is InChI=1S/C19H13Cl2N3O2S/c1-11-5-6-14(26-11)7-13(9-22)18(25)24-19-23-10-15(27-19)8-12-3-2-4-16(20)17(12)21/h2-7,10H,8H2,1H3,(H,23,24,25)/b13-7+. The number of aromatic nitrogens is 1. The van der Waals surface area contributed by atoms with Gasteiger partial charge >= 0.3 is 0 Å². The van der Waals surface area contributed by atoms with Crippen molar-refractivity contribution in [3.05, 3.63) is 74.1 Å². The van der Waals surface area contributed by atoms with Crippen molar-refractivity contribution in [2.45, 2.75) is 13.3 Å². The largest absolute Gasteiger partial charge is 0.462 e. The van der Waals surface area contributed by atoms with Crippen LogP contribution in [-0.4, -0.2) is 10.9 Å². The lowest BCUT2D eigenvalue weighted by molar-refractivity contribution is -0.112. The van der Waals surface area contributed by atoms with E-state index in [1.807, 2.05) is 18.2 Å². The third-order valence-electron chi connectivity index (χ3n) is 3.58. The summed E-state index contributed by atoms with van der Waals surface area (Å²) in [4.78, 5) is 17.4. The SMILES string of the molecule is Cc1ccc(/C=C(\C#N)C(=O)Nc2ncc(Cc3cccc(Cl)c3Cl)s2)o1. The lowest BCUT2D eigenvalue weighted by Crippen LogP contribution is -2.13. The number of carbonyl (C=O) groups is 1. The van der Waals surface area contributed by atoms with Crippen molar-refractivity contribution in [3.8, 4) is 6.07 Å². The first-order valence-electron chi connectivity index (χ1n) is 7.83. The van der Waals surface area contributed by atoms with Gasteiger partial charge in [-0.1, -0.05) is 35.3 Å². The minimum absolute atomic E-state index is 0.0704. The number of anilines is 1. The fraction of sp³-hybridized carbons (Fsp3) is 0.105. The number of furan rings is 1. The molecule has 3 aromatic rings. The molecular formula is C19H13Cl2N3O2S. The summed E-state index contributed by atoms with van der Waals surface area (Å²) in [7, 11) is 0. The number of thiazole rings is 1. The number of hydrogen-bond donors (Lipinski definition) is 1. The van der Waals surface area contributed by atoms with Gasteiger partial charge < -0.3 is 4.42 Å². The highest BCUT2D eigenvalue weighted by atomic mass is 35.5. The van der Waals surface area contributed by atoms with Crippen LogP contribution in [0.1, 0.15) is 22.0 Å². The summed E-state index contributed by atoms with van der Waals surface area (Å²) in [6, 6.07) is 10.8. The number of carbonyl (C=O) groups excluding carboxylic acids is 1. The van der Waals surface area contributed by atoms with E-state index in [-0.39, 0.29) is 5.57 Å². The Kier molecular flexibility index (Phi) is 5.97. The summed E-state index contributed by atoms with van der Waals surface area (Å²) in [5.41, 5.74) is 0.801. The molecule has 0 fully saturated rings. The molecule has 0 aliphatic carbocycles. The number of nitrogens with one attached hydrogen (secondary N) is 1. The second-order valence-corrected chi connectivity index (χ2v) is 7.49. The van der Waals surface area contributed by atoms with Crippen molar-refractivity contribution in [3.63, 3.8) is 0 Å². The van der Waals surface area contributed by atoms with E-state index in [2.05, 4.69) is 10.3 Å². The Morgan fingerprint density at radius 3 is 2.89 bits per heavy atom. The van der Waals surface area contributed by atoms with Gasteiger partial charge in [0, 0.05) is 23.6 Å². The Balaban J connectivity index is 1.71. The van der Waals surface area contributed by atoms with Gasteiger partial charge in [0.25, 0.3) is 5.91 Å². The van der Waals surface area contributed by atoms with Crippen molar-refractivity contribution in [1.82, 2.24) is 4.98 Å². The Hall–Kier alpha value is -2.59. The number of benzene rings is 1. The number of nitriles is 1. The molecule has 1 N–H and O–H groups in total. The minimum atomic E-state index is -0.548. The highest BCUT2D eigenvalue weighted by molar-refractivity contribution is 7.15. The number of rotatable bonds is 5. The number of amides is 1. The molecule has 5 nitrogen and oxygen atoms in total. The van der Waals surface area contributed by atoms with Gasteiger partial charge in [0.05, 0.1) is 10.0 Å². The second kappa shape index (κ2) is 8.40. The molecule has 136 valence electrons. The molecule has 0 saturated heterocycles. The molecule has 8 heteroatoms. The van der Waals surface area contributed by atoms with Gasteiger partial charge in [-0.15, -0.1) is 11.3 Å². The molecule has 0 bridgehead atoms. The van der Waals surface area contributed by atoms with Crippen LogP contribution in [0.3, 0.4) is 0 Å². The normalized spacial score (nSPS) is 11.3. The highest BCUT2D eigenvalue weighted by Crippen LogP contribution is 2.29. The Labute approximate surface area is 169 Å². The molecule has 1 aromatic carbocycles. The van der Waals surface area contributed by atoms with Crippen molar-refractivity contribution >= 4 is 51.7 Å². The third kappa shape index (κ3) is 4.77. The minimum Gasteiger partial charge on any atom is -0.462 e. The van der Waals surface area contributed by atoms with E-state index in [0.717, 1.165) is 10.4 Å². The second-order valence-electron chi connectivity index (χ2n) is 5.59. The maximum absolute atomic E-state index is 12.3. The van der Waals surface area contributed by atoms with Crippen LogP contribution in [0.25, 0.3) is 6.08 Å². The van der Waals surface area contributed by atoms with E-state index in [1.54, 1.807) is 31.3 Å². The van der Waals surface area contributed by atoms with Crippen molar-refractivity contribution in [2.24, 2.45) is 0 Å². The van der Waals surface area contributed by atoms with Crippen LogP contribution in [-0.2, 0) is 11.2 Å². The third-order valence-corrected chi connectivity index (χ3v) is 5.35. The van der Waals surface area contributed by atoms with Gasteiger partial charge in [0.2, 0.25) is 0 Å². The summed E-state index contributed by atoms with van der Waals surface area (Å²) in [6.45, 7) is 1.78. The summed E-state index contributed by atoms with van der Waals surface area (Å²) in [5, 5.41) is 13.2. The van der Waals surface area contributed by atoms with E-state index in [9.17, 15) is 10.1 Å². The smallest absolute Gasteiger partial charge is 0.268 e. The van der Waals surface area contributed by atoms with Gasteiger partial charge in [-0.3, -0.25) is 10.1 Å². The molecule has 0 radical (unpaired) electrons. The van der Waals surface area contributed by atoms with E-state index >= 15 is 0 Å². The predicted molar refractivity (Wildman–Crippen MR) is 107 cm³/mol. The molecule has 1 amide bonds. The number of halogens is 2. The quantitative estimate of drug-likeness (QED) is 0.439. The first-order valence-corrected chi connectivity index (χ1v) is 9.40. The first kappa shape index (κ1) is 19.2.